The van der Waals surface area contributed by atoms with E-state index in [4.69, 9.17) is 0 Å². The molecule has 2 heterocycles. The van der Waals surface area contributed by atoms with Crippen molar-refractivity contribution >= 4 is 34.8 Å². The number of carbonyl (C=O) groups excluding carboxylic acids is 1. The van der Waals surface area contributed by atoms with Gasteiger partial charge in [-0.3, -0.25) is 4.79 Å². The monoisotopic (exact) mass is 304 g/mol. The van der Waals surface area contributed by atoms with Gasteiger partial charge in [0, 0.05) is 12.8 Å². The van der Waals surface area contributed by atoms with Gasteiger partial charge in [-0.1, -0.05) is 25.2 Å². The Morgan fingerprint density at radius 3 is 2.95 bits per heavy atom. The number of rotatable bonds is 5. The van der Waals surface area contributed by atoms with Gasteiger partial charge in [0.05, 0.1) is 0 Å². The second-order valence-corrected chi connectivity index (χ2v) is 6.27. The Kier molecular flexibility index (Phi) is 6.68. The van der Waals surface area contributed by atoms with Crippen molar-refractivity contribution in [3.63, 3.8) is 0 Å². The summed E-state index contributed by atoms with van der Waals surface area (Å²) in [7, 11) is 0. The van der Waals surface area contributed by atoms with E-state index in [0.717, 1.165) is 30.9 Å². The lowest BCUT2D eigenvalue weighted by Crippen LogP contribution is -2.18. The van der Waals surface area contributed by atoms with Crippen molar-refractivity contribution in [3.8, 4) is 0 Å². The average Bonchev–Trinajstić information content (AvgIpc) is 2.89. The minimum absolute atomic E-state index is 0. The number of nitrogens with one attached hydrogen (secondary N) is 2. The molecule has 5 nitrogen and oxygen atoms in total. The lowest BCUT2D eigenvalue weighted by Gasteiger charge is -2.06. The van der Waals surface area contributed by atoms with Crippen LogP contribution >= 0.6 is 23.7 Å². The van der Waals surface area contributed by atoms with E-state index >= 15 is 0 Å². The highest BCUT2D eigenvalue weighted by molar-refractivity contribution is 7.15. The first kappa shape index (κ1) is 16.3. The van der Waals surface area contributed by atoms with Crippen LogP contribution in [0.5, 0.6) is 0 Å². The number of aromatic nitrogens is 2. The molecule has 2 rings (SSSR count). The smallest absolute Gasteiger partial charge is 0.226 e. The van der Waals surface area contributed by atoms with Gasteiger partial charge < -0.3 is 10.6 Å². The molecular formula is C12H21ClN4OS. The Hall–Kier alpha value is -0.720. The van der Waals surface area contributed by atoms with E-state index in [1.165, 1.54) is 11.3 Å². The second-order valence-electron chi connectivity index (χ2n) is 5.21. The van der Waals surface area contributed by atoms with E-state index in [-0.39, 0.29) is 18.3 Å². The molecule has 1 atom stereocenters. The van der Waals surface area contributed by atoms with Crippen molar-refractivity contribution in [1.82, 2.24) is 15.5 Å². The maximum absolute atomic E-state index is 11.8. The van der Waals surface area contributed by atoms with Crippen LogP contribution in [0.15, 0.2) is 0 Å². The fourth-order valence-electron chi connectivity index (χ4n) is 2.06. The van der Waals surface area contributed by atoms with Gasteiger partial charge in [0.2, 0.25) is 11.0 Å². The summed E-state index contributed by atoms with van der Waals surface area (Å²) in [5, 5.41) is 15.8. The number of hydrogen-bond donors (Lipinski definition) is 2. The third kappa shape index (κ3) is 5.42. The lowest BCUT2D eigenvalue weighted by atomic mass is 10.1. The summed E-state index contributed by atoms with van der Waals surface area (Å²) in [6, 6.07) is 0. The summed E-state index contributed by atoms with van der Waals surface area (Å²) in [6.45, 7) is 6.26. The molecule has 0 spiro atoms. The molecule has 1 aliphatic heterocycles. The SMILES string of the molecule is CC(C)Cc1nnc(NC(=O)CC2CCNC2)s1.Cl. The number of hydrogen-bond acceptors (Lipinski definition) is 5. The minimum atomic E-state index is 0. The molecule has 1 fully saturated rings. The number of carbonyl (C=O) groups is 1. The molecule has 0 saturated carbocycles. The predicted octanol–water partition coefficient (Wildman–Crippen LogP) is 2.10. The number of amides is 1. The second kappa shape index (κ2) is 7.77. The number of nitrogens with zero attached hydrogens (tertiary/aromatic N) is 2. The summed E-state index contributed by atoms with van der Waals surface area (Å²) >= 11 is 1.48. The van der Waals surface area contributed by atoms with E-state index in [0.29, 0.717) is 23.4 Å². The minimum Gasteiger partial charge on any atom is -0.316 e. The van der Waals surface area contributed by atoms with Crippen LogP contribution in [-0.2, 0) is 11.2 Å². The van der Waals surface area contributed by atoms with Crippen LogP contribution in [0.4, 0.5) is 5.13 Å². The first-order valence-electron chi connectivity index (χ1n) is 6.46. The van der Waals surface area contributed by atoms with Gasteiger partial charge in [-0.15, -0.1) is 22.6 Å². The van der Waals surface area contributed by atoms with Crippen molar-refractivity contribution in [1.29, 1.82) is 0 Å². The molecule has 1 amide bonds. The van der Waals surface area contributed by atoms with E-state index in [1.807, 2.05) is 0 Å². The van der Waals surface area contributed by atoms with Crippen LogP contribution in [0.1, 0.15) is 31.7 Å². The van der Waals surface area contributed by atoms with E-state index in [2.05, 4.69) is 34.7 Å². The highest BCUT2D eigenvalue weighted by Gasteiger charge is 2.18. The van der Waals surface area contributed by atoms with E-state index in [1.54, 1.807) is 0 Å². The Morgan fingerprint density at radius 1 is 1.53 bits per heavy atom. The molecule has 108 valence electrons. The molecular weight excluding hydrogens is 284 g/mol. The zero-order valence-corrected chi connectivity index (χ0v) is 12.9. The average molecular weight is 305 g/mol. The van der Waals surface area contributed by atoms with Gasteiger partial charge in [0.1, 0.15) is 5.01 Å². The Labute approximate surface area is 124 Å². The molecule has 1 aromatic heterocycles. The molecule has 1 aliphatic rings. The van der Waals surface area contributed by atoms with Gasteiger partial charge >= 0.3 is 0 Å². The standard InChI is InChI=1S/C12H20N4OS.ClH/c1-8(2)5-11-15-16-12(18-11)14-10(17)6-9-3-4-13-7-9;/h8-9,13H,3-7H2,1-2H3,(H,14,16,17);1H. The Balaban J connectivity index is 0.00000180. The highest BCUT2D eigenvalue weighted by Crippen LogP contribution is 2.19. The molecule has 1 saturated heterocycles. The molecule has 19 heavy (non-hydrogen) atoms. The quantitative estimate of drug-likeness (QED) is 0.874. The Morgan fingerprint density at radius 2 is 2.32 bits per heavy atom. The lowest BCUT2D eigenvalue weighted by molar-refractivity contribution is -0.116. The first-order valence-corrected chi connectivity index (χ1v) is 7.28. The zero-order valence-electron chi connectivity index (χ0n) is 11.3. The Bertz CT molecular complexity index is 404. The molecule has 2 N–H and O–H groups in total. The maximum atomic E-state index is 11.8. The van der Waals surface area contributed by atoms with Gasteiger partial charge in [-0.2, -0.15) is 0 Å². The van der Waals surface area contributed by atoms with Crippen LogP contribution in [0.2, 0.25) is 0 Å². The van der Waals surface area contributed by atoms with Crippen LogP contribution in [0.3, 0.4) is 0 Å². The van der Waals surface area contributed by atoms with Crippen molar-refractivity contribution in [2.24, 2.45) is 11.8 Å². The first-order chi connectivity index (χ1) is 8.63. The van der Waals surface area contributed by atoms with Gasteiger partial charge in [-0.25, -0.2) is 0 Å². The third-order valence-corrected chi connectivity index (χ3v) is 3.79. The maximum Gasteiger partial charge on any atom is 0.226 e. The highest BCUT2D eigenvalue weighted by atomic mass is 35.5. The van der Waals surface area contributed by atoms with Crippen molar-refractivity contribution in [2.45, 2.75) is 33.1 Å². The van der Waals surface area contributed by atoms with E-state index in [9.17, 15) is 4.79 Å². The molecule has 0 radical (unpaired) electrons. The number of halogens is 1. The molecule has 1 unspecified atom stereocenters. The molecule has 1 aromatic rings. The van der Waals surface area contributed by atoms with Crippen molar-refractivity contribution in [3.05, 3.63) is 5.01 Å². The fraction of sp³-hybridized carbons (Fsp3) is 0.750. The summed E-state index contributed by atoms with van der Waals surface area (Å²) < 4.78 is 0. The van der Waals surface area contributed by atoms with Crippen molar-refractivity contribution in [2.75, 3.05) is 18.4 Å². The largest absolute Gasteiger partial charge is 0.316 e. The molecule has 7 heteroatoms. The van der Waals surface area contributed by atoms with E-state index < -0.39 is 0 Å². The topological polar surface area (TPSA) is 66.9 Å². The predicted molar refractivity (Wildman–Crippen MR) is 79.9 cm³/mol. The zero-order chi connectivity index (χ0) is 13.0. The summed E-state index contributed by atoms with van der Waals surface area (Å²) in [5.41, 5.74) is 0. The number of anilines is 1. The van der Waals surface area contributed by atoms with Gasteiger partial charge in [0.15, 0.2) is 0 Å². The van der Waals surface area contributed by atoms with Gasteiger partial charge in [-0.05, 0) is 31.3 Å². The summed E-state index contributed by atoms with van der Waals surface area (Å²) in [4.78, 5) is 11.8. The molecule has 0 aromatic carbocycles. The van der Waals surface area contributed by atoms with Crippen LogP contribution in [0.25, 0.3) is 0 Å². The summed E-state index contributed by atoms with van der Waals surface area (Å²) in [6.07, 6.45) is 2.58. The summed E-state index contributed by atoms with van der Waals surface area (Å²) in [5.74, 6) is 1.08. The normalized spacial score (nSPS) is 18.4. The van der Waals surface area contributed by atoms with Crippen LogP contribution < -0.4 is 10.6 Å². The third-order valence-electron chi connectivity index (χ3n) is 2.93. The van der Waals surface area contributed by atoms with Gasteiger partial charge in [0.25, 0.3) is 0 Å². The van der Waals surface area contributed by atoms with Crippen LogP contribution in [-0.4, -0.2) is 29.2 Å². The van der Waals surface area contributed by atoms with Crippen molar-refractivity contribution < 1.29 is 4.79 Å². The molecule has 0 bridgehead atoms. The van der Waals surface area contributed by atoms with Crippen LogP contribution in [0, 0.1) is 11.8 Å². The fourth-order valence-corrected chi connectivity index (χ4v) is 3.03. The molecule has 0 aliphatic carbocycles.